The number of benzene rings is 1. The van der Waals surface area contributed by atoms with Gasteiger partial charge in [-0.3, -0.25) is 19.9 Å². The highest BCUT2D eigenvalue weighted by atomic mass is 35.5. The molecule has 4 heterocycles. The first-order valence-electron chi connectivity index (χ1n) is 11.0. The maximum Gasteiger partial charge on any atom is 0.270 e. The van der Waals surface area contributed by atoms with Crippen LogP contribution in [0.25, 0.3) is 22.2 Å². The maximum absolute atomic E-state index is 13.0. The molecule has 2 aromatic heterocycles. The molecule has 0 radical (unpaired) electrons. The van der Waals surface area contributed by atoms with E-state index in [-0.39, 0.29) is 29.9 Å². The van der Waals surface area contributed by atoms with E-state index in [2.05, 4.69) is 14.9 Å². The molecular weight excluding hydrogens is 446 g/mol. The molecule has 174 valence electrons. The van der Waals surface area contributed by atoms with Crippen molar-refractivity contribution in [2.24, 2.45) is 0 Å². The van der Waals surface area contributed by atoms with E-state index in [1.165, 1.54) is 44.3 Å². The van der Waals surface area contributed by atoms with E-state index < -0.39 is 4.92 Å². The highest BCUT2D eigenvalue weighted by molar-refractivity contribution is 6.00. The lowest BCUT2D eigenvalue weighted by Crippen LogP contribution is -2.45. The fraction of sp³-hybridized carbons (Fsp3) is 0.391. The number of halogens is 1. The number of nitro groups is 1. The van der Waals surface area contributed by atoms with Crippen LogP contribution in [0.3, 0.4) is 0 Å². The summed E-state index contributed by atoms with van der Waals surface area (Å²) in [4.78, 5) is 35.3. The summed E-state index contributed by atoms with van der Waals surface area (Å²) in [5.74, 6) is -0.154. The molecule has 2 N–H and O–H groups in total. The molecule has 0 atom stereocenters. The van der Waals surface area contributed by atoms with Crippen LogP contribution in [0.5, 0.6) is 5.88 Å². The van der Waals surface area contributed by atoms with Gasteiger partial charge in [0.05, 0.1) is 21.7 Å². The molecule has 9 nitrogen and oxygen atoms in total. The number of H-pyrrole nitrogens is 1. The van der Waals surface area contributed by atoms with Crippen LogP contribution in [0.4, 0.5) is 5.69 Å². The number of aromatic amines is 1. The number of hydrogen-bond acceptors (Lipinski definition) is 6. The van der Waals surface area contributed by atoms with Crippen LogP contribution in [0, 0.1) is 10.1 Å². The largest absolute Gasteiger partial charge is 0.494 e. The average molecular weight is 472 g/mol. The lowest BCUT2D eigenvalue weighted by atomic mass is 10.0. The van der Waals surface area contributed by atoms with Crippen molar-refractivity contribution in [3.63, 3.8) is 0 Å². The number of carbonyl (C=O) groups excluding carboxylic acids is 1. The zero-order valence-electron chi connectivity index (χ0n) is 18.1. The topological polar surface area (TPSA) is 116 Å². The Bertz CT molecular complexity index is 1170. The Morgan fingerprint density at radius 3 is 2.48 bits per heavy atom. The van der Waals surface area contributed by atoms with Gasteiger partial charge < -0.3 is 19.9 Å². The Balaban J connectivity index is 0.00000259. The summed E-state index contributed by atoms with van der Waals surface area (Å²) in [6.07, 6.45) is 6.06. The van der Waals surface area contributed by atoms with Gasteiger partial charge in [-0.25, -0.2) is 0 Å². The van der Waals surface area contributed by atoms with Gasteiger partial charge in [0, 0.05) is 48.4 Å². The van der Waals surface area contributed by atoms with Crippen LogP contribution >= 0.6 is 12.4 Å². The first-order valence-corrected chi connectivity index (χ1v) is 11.0. The van der Waals surface area contributed by atoms with Gasteiger partial charge in [-0.15, -0.1) is 12.4 Å². The number of carbonyl (C=O) groups is 1. The third-order valence-corrected chi connectivity index (χ3v) is 6.65. The molecule has 0 spiro atoms. The predicted octanol–water partition coefficient (Wildman–Crippen LogP) is 3.97. The molecule has 0 aliphatic carbocycles. The third kappa shape index (κ3) is 4.38. The molecule has 0 unspecified atom stereocenters. The van der Waals surface area contributed by atoms with Gasteiger partial charge in [0.1, 0.15) is 0 Å². The number of rotatable bonds is 4. The Labute approximate surface area is 197 Å². The lowest BCUT2D eigenvalue weighted by Gasteiger charge is -2.36. The molecule has 2 fully saturated rings. The Hall–Kier alpha value is -3.17. The fourth-order valence-electron chi connectivity index (χ4n) is 4.93. The number of nitro benzene ring substituents is 1. The number of likely N-dealkylation sites (tertiary alicyclic amines) is 2. The number of amides is 1. The average Bonchev–Trinajstić information content (AvgIpc) is 3.46. The quantitative estimate of drug-likeness (QED) is 0.439. The first kappa shape index (κ1) is 23.0. The molecule has 33 heavy (non-hydrogen) atoms. The molecule has 2 aliphatic rings. The van der Waals surface area contributed by atoms with Crippen molar-refractivity contribution in [3.05, 3.63) is 52.2 Å². The summed E-state index contributed by atoms with van der Waals surface area (Å²) in [5.41, 5.74) is 1.83. The summed E-state index contributed by atoms with van der Waals surface area (Å²) in [6.45, 7) is 3.84. The number of nitrogens with one attached hydrogen (secondary N) is 1. The molecule has 5 rings (SSSR count). The molecule has 0 bridgehead atoms. The van der Waals surface area contributed by atoms with Crippen molar-refractivity contribution in [1.29, 1.82) is 0 Å². The van der Waals surface area contributed by atoms with Crippen molar-refractivity contribution >= 4 is 34.9 Å². The van der Waals surface area contributed by atoms with Crippen molar-refractivity contribution < 1.29 is 14.8 Å². The van der Waals surface area contributed by atoms with Crippen LogP contribution in [0.1, 0.15) is 36.0 Å². The van der Waals surface area contributed by atoms with E-state index >= 15 is 0 Å². The molecule has 3 aromatic rings. The highest BCUT2D eigenvalue weighted by Gasteiger charge is 2.29. The second kappa shape index (κ2) is 9.36. The van der Waals surface area contributed by atoms with Gasteiger partial charge in [0.2, 0.25) is 0 Å². The number of pyridine rings is 1. The van der Waals surface area contributed by atoms with E-state index in [4.69, 9.17) is 0 Å². The number of aromatic hydroxyl groups is 1. The summed E-state index contributed by atoms with van der Waals surface area (Å²) in [5, 5.41) is 22.0. The van der Waals surface area contributed by atoms with Gasteiger partial charge in [0.25, 0.3) is 11.6 Å². The number of nitrogens with zero attached hydrogens (tertiary/aromatic N) is 4. The van der Waals surface area contributed by atoms with Crippen molar-refractivity contribution in [2.45, 2.75) is 31.7 Å². The molecule has 0 saturated carbocycles. The van der Waals surface area contributed by atoms with Gasteiger partial charge in [0.15, 0.2) is 5.88 Å². The summed E-state index contributed by atoms with van der Waals surface area (Å²) in [6, 6.07) is 8.30. The van der Waals surface area contributed by atoms with E-state index in [0.29, 0.717) is 33.8 Å². The minimum atomic E-state index is -0.477. The Kier molecular flexibility index (Phi) is 6.53. The van der Waals surface area contributed by atoms with Crippen molar-refractivity contribution in [1.82, 2.24) is 19.8 Å². The van der Waals surface area contributed by atoms with E-state index in [9.17, 15) is 20.0 Å². The SMILES string of the molecule is Cl.O=C(c1ccc(-c2c(O)[nH]c3ccc([N+](=O)[O-])cc23)nc1)N1CCC(N2CCCC2)CC1. The van der Waals surface area contributed by atoms with Crippen LogP contribution in [0.15, 0.2) is 36.5 Å². The molecule has 10 heteroatoms. The molecule has 1 amide bonds. The summed E-state index contributed by atoms with van der Waals surface area (Å²) in [7, 11) is 0. The second-order valence-electron chi connectivity index (χ2n) is 8.53. The summed E-state index contributed by atoms with van der Waals surface area (Å²) < 4.78 is 0. The smallest absolute Gasteiger partial charge is 0.270 e. The lowest BCUT2D eigenvalue weighted by molar-refractivity contribution is -0.384. The maximum atomic E-state index is 13.0. The monoisotopic (exact) mass is 471 g/mol. The molecular formula is C23H26ClN5O4. The van der Waals surface area contributed by atoms with E-state index in [1.54, 1.807) is 18.2 Å². The van der Waals surface area contributed by atoms with Crippen LogP contribution < -0.4 is 0 Å². The predicted molar refractivity (Wildman–Crippen MR) is 127 cm³/mol. The van der Waals surface area contributed by atoms with Gasteiger partial charge >= 0.3 is 0 Å². The van der Waals surface area contributed by atoms with E-state index in [1.807, 2.05) is 4.90 Å². The third-order valence-electron chi connectivity index (χ3n) is 6.65. The first-order chi connectivity index (χ1) is 15.5. The van der Waals surface area contributed by atoms with Crippen LogP contribution in [0.2, 0.25) is 0 Å². The molecule has 2 aliphatic heterocycles. The Morgan fingerprint density at radius 2 is 1.85 bits per heavy atom. The minimum Gasteiger partial charge on any atom is -0.494 e. The van der Waals surface area contributed by atoms with Gasteiger partial charge in [-0.1, -0.05) is 0 Å². The van der Waals surface area contributed by atoms with Crippen molar-refractivity contribution in [2.75, 3.05) is 26.2 Å². The van der Waals surface area contributed by atoms with Gasteiger partial charge in [-0.05, 0) is 57.0 Å². The minimum absolute atomic E-state index is 0. The number of fused-ring (bicyclic) bond motifs is 1. The van der Waals surface area contributed by atoms with E-state index in [0.717, 1.165) is 25.9 Å². The number of piperidine rings is 1. The number of hydrogen-bond donors (Lipinski definition) is 2. The Morgan fingerprint density at radius 1 is 1.12 bits per heavy atom. The standard InChI is InChI=1S/C23H25N5O4.ClH/c29-22-21(18-13-17(28(31)32)4-6-19(18)25-22)20-5-3-15(14-24-20)23(30)27-11-7-16(8-12-27)26-9-1-2-10-26;/h3-6,13-14,16,25,29H,1-2,7-12H2;1H. The normalized spacial score (nSPS) is 17.3. The van der Waals surface area contributed by atoms with Crippen molar-refractivity contribution in [3.8, 4) is 17.1 Å². The summed E-state index contributed by atoms with van der Waals surface area (Å²) >= 11 is 0. The number of aromatic nitrogens is 2. The molecule has 1 aromatic carbocycles. The fourth-order valence-corrected chi connectivity index (χ4v) is 4.93. The highest BCUT2D eigenvalue weighted by Crippen LogP contribution is 2.37. The van der Waals surface area contributed by atoms with Crippen LogP contribution in [-0.4, -0.2) is 67.9 Å². The zero-order chi connectivity index (χ0) is 22.2. The second-order valence-corrected chi connectivity index (χ2v) is 8.53. The zero-order valence-corrected chi connectivity index (χ0v) is 18.9. The number of non-ortho nitro benzene ring substituents is 1. The molecule has 2 saturated heterocycles. The van der Waals surface area contributed by atoms with Crippen LogP contribution in [-0.2, 0) is 0 Å². The van der Waals surface area contributed by atoms with Gasteiger partial charge in [-0.2, -0.15) is 0 Å².